The second kappa shape index (κ2) is 8.87. The van der Waals surface area contributed by atoms with E-state index in [1.54, 1.807) is 0 Å². The van der Waals surface area contributed by atoms with Gasteiger partial charge in [0.15, 0.2) is 0 Å². The summed E-state index contributed by atoms with van der Waals surface area (Å²) < 4.78 is 5.81. The molecule has 4 rings (SSSR count). The summed E-state index contributed by atoms with van der Waals surface area (Å²) in [4.78, 5) is 13.3. The van der Waals surface area contributed by atoms with Gasteiger partial charge in [-0.25, -0.2) is 0 Å². The molecule has 0 fully saturated rings. The molecule has 1 unspecified atom stereocenters. The lowest BCUT2D eigenvalue weighted by molar-refractivity contribution is -0.117. The second-order valence-corrected chi connectivity index (χ2v) is 7.61. The maximum atomic E-state index is 13.3. The van der Waals surface area contributed by atoms with Crippen molar-refractivity contribution in [3.05, 3.63) is 95.6 Å². The fourth-order valence-electron chi connectivity index (χ4n) is 3.72. The Hall–Kier alpha value is -3.53. The first-order valence-corrected chi connectivity index (χ1v) is 10.2. The number of hydrogen-bond donors (Lipinski definition) is 2. The van der Waals surface area contributed by atoms with Gasteiger partial charge in [0.05, 0.1) is 5.92 Å². The van der Waals surface area contributed by atoms with Crippen LogP contribution in [0.25, 0.3) is 0 Å². The monoisotopic (exact) mass is 398 g/mol. The molecule has 0 aromatic heterocycles. The molecule has 0 saturated heterocycles. The third kappa shape index (κ3) is 4.54. The number of rotatable bonds is 2. The van der Waals surface area contributed by atoms with Gasteiger partial charge in [0.1, 0.15) is 12.4 Å². The molecular formula is C26H26N2O2. The summed E-state index contributed by atoms with van der Waals surface area (Å²) in [5.41, 5.74) is 5.88. The van der Waals surface area contributed by atoms with E-state index in [-0.39, 0.29) is 11.8 Å². The number of aryl methyl sites for hydroxylation is 2. The van der Waals surface area contributed by atoms with Gasteiger partial charge in [-0.3, -0.25) is 4.79 Å². The number of amides is 1. The number of hydrogen-bond acceptors (Lipinski definition) is 3. The summed E-state index contributed by atoms with van der Waals surface area (Å²) >= 11 is 0. The quantitative estimate of drug-likeness (QED) is 0.512. The molecule has 3 aromatic rings. The molecule has 30 heavy (non-hydrogen) atoms. The number of nitrogens with one attached hydrogen (secondary N) is 2. The van der Waals surface area contributed by atoms with Crippen molar-refractivity contribution in [3.8, 4) is 5.75 Å². The first-order valence-electron chi connectivity index (χ1n) is 10.2. The maximum absolute atomic E-state index is 13.3. The molecule has 4 heteroatoms. The molecule has 152 valence electrons. The van der Waals surface area contributed by atoms with E-state index in [0.29, 0.717) is 13.0 Å². The van der Waals surface area contributed by atoms with Crippen LogP contribution in [0, 0.1) is 13.8 Å². The number of anilines is 3. The molecule has 0 saturated carbocycles. The highest BCUT2D eigenvalue weighted by molar-refractivity contribution is 5.97. The average molecular weight is 399 g/mol. The van der Waals surface area contributed by atoms with E-state index in [1.807, 2.05) is 92.7 Å². The van der Waals surface area contributed by atoms with Crippen LogP contribution < -0.4 is 15.4 Å². The summed E-state index contributed by atoms with van der Waals surface area (Å²) in [6.45, 7) is 4.50. The minimum absolute atomic E-state index is 0.00875. The Bertz CT molecular complexity index is 1070. The Kier molecular flexibility index (Phi) is 5.84. The first kappa shape index (κ1) is 19.8. The zero-order valence-corrected chi connectivity index (χ0v) is 17.3. The summed E-state index contributed by atoms with van der Waals surface area (Å²) in [5.74, 6) is 0.501. The lowest BCUT2D eigenvalue weighted by atomic mass is 9.93. The molecule has 0 aliphatic carbocycles. The lowest BCUT2D eigenvalue weighted by Gasteiger charge is -2.19. The van der Waals surface area contributed by atoms with Crippen molar-refractivity contribution in [2.24, 2.45) is 0 Å². The highest BCUT2D eigenvalue weighted by Crippen LogP contribution is 2.29. The van der Waals surface area contributed by atoms with E-state index in [0.717, 1.165) is 39.5 Å². The van der Waals surface area contributed by atoms with E-state index in [1.165, 1.54) is 0 Å². The van der Waals surface area contributed by atoms with Gasteiger partial charge in [0.2, 0.25) is 5.91 Å². The van der Waals surface area contributed by atoms with Crippen LogP contribution in [0.5, 0.6) is 5.75 Å². The van der Waals surface area contributed by atoms with Gasteiger partial charge < -0.3 is 15.4 Å². The zero-order chi connectivity index (χ0) is 20.9. The van der Waals surface area contributed by atoms with Gasteiger partial charge in [-0.2, -0.15) is 0 Å². The van der Waals surface area contributed by atoms with Crippen molar-refractivity contribution in [3.63, 3.8) is 0 Å². The molecule has 0 spiro atoms. The third-order valence-electron chi connectivity index (χ3n) is 5.34. The molecule has 1 amide bonds. The van der Waals surface area contributed by atoms with Gasteiger partial charge in [-0.05, 0) is 61.2 Å². The number of ether oxygens (including phenoxy) is 1. The topological polar surface area (TPSA) is 50.4 Å². The molecule has 3 aromatic carbocycles. The summed E-state index contributed by atoms with van der Waals surface area (Å²) in [7, 11) is 0. The minimum atomic E-state index is -0.300. The third-order valence-corrected chi connectivity index (χ3v) is 5.34. The normalized spacial score (nSPS) is 16.7. The summed E-state index contributed by atoms with van der Waals surface area (Å²) in [6, 6.07) is 22.0. The molecule has 4 bridgehead atoms. The van der Waals surface area contributed by atoms with Crippen molar-refractivity contribution in [2.45, 2.75) is 26.2 Å². The largest absolute Gasteiger partial charge is 0.489 e. The molecule has 1 atom stereocenters. The van der Waals surface area contributed by atoms with Crippen molar-refractivity contribution in [1.82, 2.24) is 0 Å². The van der Waals surface area contributed by atoms with Gasteiger partial charge in [0.25, 0.3) is 0 Å². The Morgan fingerprint density at radius 1 is 0.933 bits per heavy atom. The van der Waals surface area contributed by atoms with Crippen LogP contribution in [0.2, 0.25) is 0 Å². The Balaban J connectivity index is 1.66. The van der Waals surface area contributed by atoms with Gasteiger partial charge in [0, 0.05) is 23.1 Å². The van der Waals surface area contributed by atoms with Crippen LogP contribution in [0.15, 0.2) is 78.9 Å². The predicted octanol–water partition coefficient (Wildman–Crippen LogP) is 6.11. The first-order chi connectivity index (χ1) is 14.6. The second-order valence-electron chi connectivity index (χ2n) is 7.61. The fourth-order valence-corrected chi connectivity index (χ4v) is 3.72. The molecule has 2 N–H and O–H groups in total. The molecule has 1 heterocycles. The number of carbonyl (C=O) groups excluding carboxylic acids is 1. The molecule has 4 nitrogen and oxygen atoms in total. The van der Waals surface area contributed by atoms with E-state index in [9.17, 15) is 4.79 Å². The molecule has 1 aliphatic rings. The number of para-hydroxylation sites is 1. The lowest BCUT2D eigenvalue weighted by Crippen LogP contribution is -2.22. The highest BCUT2D eigenvalue weighted by atomic mass is 16.5. The zero-order valence-electron chi connectivity index (χ0n) is 17.3. The highest BCUT2D eigenvalue weighted by Gasteiger charge is 2.21. The van der Waals surface area contributed by atoms with Crippen LogP contribution in [-0.2, 0) is 4.79 Å². The van der Waals surface area contributed by atoms with E-state index < -0.39 is 0 Å². The Labute approximate surface area is 177 Å². The smallest absolute Gasteiger partial charge is 0.232 e. The minimum Gasteiger partial charge on any atom is -0.489 e. The number of fused-ring (bicyclic) bond motifs is 4. The van der Waals surface area contributed by atoms with Crippen molar-refractivity contribution >= 4 is 23.0 Å². The number of allylic oxidation sites excluding steroid dienone is 1. The van der Waals surface area contributed by atoms with Gasteiger partial charge >= 0.3 is 0 Å². The van der Waals surface area contributed by atoms with Gasteiger partial charge in [-0.15, -0.1) is 0 Å². The summed E-state index contributed by atoms with van der Waals surface area (Å²) in [6.07, 6.45) is 4.60. The molecular weight excluding hydrogens is 372 g/mol. The fraction of sp³-hybridized carbons (Fsp3) is 0.192. The van der Waals surface area contributed by atoms with Crippen molar-refractivity contribution in [1.29, 1.82) is 0 Å². The van der Waals surface area contributed by atoms with Crippen LogP contribution in [0.4, 0.5) is 17.1 Å². The van der Waals surface area contributed by atoms with Crippen LogP contribution >= 0.6 is 0 Å². The maximum Gasteiger partial charge on any atom is 0.232 e. The van der Waals surface area contributed by atoms with Crippen molar-refractivity contribution in [2.75, 3.05) is 17.2 Å². The Morgan fingerprint density at radius 2 is 1.63 bits per heavy atom. The van der Waals surface area contributed by atoms with E-state index >= 15 is 0 Å². The number of carbonyl (C=O) groups is 1. The van der Waals surface area contributed by atoms with Crippen LogP contribution in [-0.4, -0.2) is 12.5 Å². The van der Waals surface area contributed by atoms with Crippen LogP contribution in [0.1, 0.15) is 29.0 Å². The van der Waals surface area contributed by atoms with E-state index in [2.05, 4.69) is 10.6 Å². The van der Waals surface area contributed by atoms with Crippen LogP contribution in [0.3, 0.4) is 0 Å². The number of benzene rings is 3. The molecule has 1 aliphatic heterocycles. The molecule has 0 radical (unpaired) electrons. The average Bonchev–Trinajstić information content (AvgIpc) is 2.74. The van der Waals surface area contributed by atoms with Gasteiger partial charge in [-0.1, -0.05) is 48.6 Å². The standard InChI is InChI=1S/C26H26N2O2/c1-18-8-5-9-19(2)25(18)28-26(29)24-14-3-4-15-30-23-13-7-12-22(17-23)27-21-11-6-10-20(24)16-21/h3-13,16-17,24,27H,14-15H2,1-2H3,(H,28,29)/b4-3+. The summed E-state index contributed by atoms with van der Waals surface area (Å²) in [5, 5.41) is 6.58. The van der Waals surface area contributed by atoms with Crippen molar-refractivity contribution < 1.29 is 9.53 Å². The SMILES string of the molecule is Cc1cccc(C)c1NC(=O)C1C/C=C/COc2cccc(c2)Nc2cccc1c2. The van der Waals surface area contributed by atoms with E-state index in [4.69, 9.17) is 4.74 Å². The Morgan fingerprint density at radius 3 is 2.43 bits per heavy atom. The predicted molar refractivity (Wildman–Crippen MR) is 123 cm³/mol.